The van der Waals surface area contributed by atoms with E-state index in [1.54, 1.807) is 13.0 Å². The molecule has 2 aromatic rings. The molecule has 6 heteroatoms. The molecule has 22 heavy (non-hydrogen) atoms. The molecule has 2 rings (SSSR count). The number of benzene rings is 1. The minimum Gasteiger partial charge on any atom is -0.360 e. The van der Waals surface area contributed by atoms with E-state index in [1.807, 2.05) is 11.9 Å². The van der Waals surface area contributed by atoms with Crippen molar-refractivity contribution in [3.63, 3.8) is 0 Å². The van der Waals surface area contributed by atoms with Crippen LogP contribution in [0.25, 0.3) is 0 Å². The number of hydrogen-bond donors (Lipinski definition) is 1. The summed E-state index contributed by atoms with van der Waals surface area (Å²) >= 11 is 0. The van der Waals surface area contributed by atoms with E-state index in [-0.39, 0.29) is 5.69 Å². The van der Waals surface area contributed by atoms with Gasteiger partial charge in [0, 0.05) is 19.7 Å². The van der Waals surface area contributed by atoms with Gasteiger partial charge >= 0.3 is 0 Å². The van der Waals surface area contributed by atoms with Gasteiger partial charge in [-0.25, -0.2) is 18.7 Å². The molecule has 0 atom stereocenters. The van der Waals surface area contributed by atoms with Gasteiger partial charge in [0.15, 0.2) is 0 Å². The first-order chi connectivity index (χ1) is 10.5. The first kappa shape index (κ1) is 16.1. The number of nitrogens with one attached hydrogen (secondary N) is 1. The molecule has 0 spiro atoms. The van der Waals surface area contributed by atoms with E-state index in [1.165, 1.54) is 18.2 Å². The van der Waals surface area contributed by atoms with Crippen molar-refractivity contribution < 1.29 is 8.78 Å². The molecule has 0 aliphatic heterocycles. The molecule has 0 radical (unpaired) electrons. The van der Waals surface area contributed by atoms with Crippen molar-refractivity contribution in [2.75, 3.05) is 23.8 Å². The normalized spacial score (nSPS) is 10.6. The third-order valence-electron chi connectivity index (χ3n) is 3.28. The topological polar surface area (TPSA) is 41.0 Å². The van der Waals surface area contributed by atoms with Crippen LogP contribution in [0.3, 0.4) is 0 Å². The third-order valence-corrected chi connectivity index (χ3v) is 3.28. The lowest BCUT2D eigenvalue weighted by atomic mass is 10.3. The lowest BCUT2D eigenvalue weighted by Gasteiger charge is -2.19. The van der Waals surface area contributed by atoms with Crippen LogP contribution in [-0.4, -0.2) is 23.6 Å². The van der Waals surface area contributed by atoms with Crippen molar-refractivity contribution >= 4 is 17.3 Å². The SMILES string of the molecule is CCCCN(C)c1cc(Nc2c(F)cccc2F)nc(C)n1. The lowest BCUT2D eigenvalue weighted by molar-refractivity contribution is 0.590. The summed E-state index contributed by atoms with van der Waals surface area (Å²) in [5, 5.41) is 2.70. The predicted octanol–water partition coefficient (Wildman–Crippen LogP) is 4.04. The highest BCUT2D eigenvalue weighted by molar-refractivity contribution is 5.60. The number of unbranched alkanes of at least 4 members (excludes halogenated alkanes) is 1. The molecule has 0 amide bonds. The summed E-state index contributed by atoms with van der Waals surface area (Å²) in [4.78, 5) is 10.6. The number of aromatic nitrogens is 2. The lowest BCUT2D eigenvalue weighted by Crippen LogP contribution is -2.20. The minimum absolute atomic E-state index is 0.206. The summed E-state index contributed by atoms with van der Waals surface area (Å²) < 4.78 is 27.4. The summed E-state index contributed by atoms with van der Waals surface area (Å²) in [5.41, 5.74) is -0.206. The Morgan fingerprint density at radius 2 is 1.86 bits per heavy atom. The Balaban J connectivity index is 2.26. The van der Waals surface area contributed by atoms with Crippen LogP contribution in [0.4, 0.5) is 26.1 Å². The highest BCUT2D eigenvalue weighted by atomic mass is 19.1. The standard InChI is InChI=1S/C16H20F2N4/c1-4-5-9-22(3)15-10-14(19-11(2)20-15)21-16-12(17)7-6-8-13(16)18/h6-8,10H,4-5,9H2,1-3H3,(H,19,20,21). The van der Waals surface area contributed by atoms with E-state index in [2.05, 4.69) is 22.2 Å². The number of rotatable bonds is 6. The Kier molecular flexibility index (Phi) is 5.25. The highest BCUT2D eigenvalue weighted by Crippen LogP contribution is 2.24. The largest absolute Gasteiger partial charge is 0.360 e. The Bertz CT molecular complexity index is 626. The zero-order valence-corrected chi connectivity index (χ0v) is 13.0. The van der Waals surface area contributed by atoms with Crippen molar-refractivity contribution in [2.45, 2.75) is 26.7 Å². The van der Waals surface area contributed by atoms with Crippen molar-refractivity contribution in [3.05, 3.63) is 41.7 Å². The van der Waals surface area contributed by atoms with Gasteiger partial charge in [0.25, 0.3) is 0 Å². The maximum atomic E-state index is 13.7. The van der Waals surface area contributed by atoms with Crippen LogP contribution in [0, 0.1) is 18.6 Å². The smallest absolute Gasteiger partial charge is 0.149 e. The Morgan fingerprint density at radius 3 is 2.50 bits per heavy atom. The number of para-hydroxylation sites is 1. The molecular weight excluding hydrogens is 286 g/mol. The summed E-state index contributed by atoms with van der Waals surface area (Å²) in [6.45, 7) is 4.73. The van der Waals surface area contributed by atoms with Gasteiger partial charge in [-0.15, -0.1) is 0 Å². The summed E-state index contributed by atoms with van der Waals surface area (Å²) in [5.74, 6) is 0.324. The first-order valence-electron chi connectivity index (χ1n) is 7.29. The monoisotopic (exact) mass is 306 g/mol. The molecule has 1 aromatic carbocycles. The summed E-state index contributed by atoms with van der Waals surface area (Å²) in [6.07, 6.45) is 2.13. The van der Waals surface area contributed by atoms with Gasteiger partial charge in [-0.3, -0.25) is 0 Å². The van der Waals surface area contributed by atoms with Crippen LogP contribution < -0.4 is 10.2 Å². The van der Waals surface area contributed by atoms with Gasteiger partial charge in [-0.05, 0) is 25.5 Å². The number of hydrogen-bond acceptors (Lipinski definition) is 4. The Labute approximate surface area is 129 Å². The van der Waals surface area contributed by atoms with E-state index in [4.69, 9.17) is 0 Å². The zero-order chi connectivity index (χ0) is 16.1. The molecule has 0 fully saturated rings. The minimum atomic E-state index is -0.655. The van der Waals surface area contributed by atoms with Crippen LogP contribution in [0.2, 0.25) is 0 Å². The molecule has 1 heterocycles. The molecule has 118 valence electrons. The molecule has 4 nitrogen and oxygen atoms in total. The average Bonchev–Trinajstić information content (AvgIpc) is 2.48. The molecule has 1 N–H and O–H groups in total. The molecular formula is C16H20F2N4. The summed E-state index contributed by atoms with van der Waals surface area (Å²) in [6, 6.07) is 5.42. The molecule has 0 saturated carbocycles. The second-order valence-corrected chi connectivity index (χ2v) is 5.16. The van der Waals surface area contributed by atoms with Gasteiger partial charge in [0.2, 0.25) is 0 Å². The van der Waals surface area contributed by atoms with Crippen LogP contribution in [0.15, 0.2) is 24.3 Å². The van der Waals surface area contributed by atoms with Gasteiger partial charge in [-0.2, -0.15) is 0 Å². The number of anilines is 3. The quantitative estimate of drug-likeness (QED) is 0.874. The van der Waals surface area contributed by atoms with Gasteiger partial charge < -0.3 is 10.2 Å². The fraction of sp³-hybridized carbons (Fsp3) is 0.375. The summed E-state index contributed by atoms with van der Waals surface area (Å²) in [7, 11) is 1.94. The Hall–Kier alpha value is -2.24. The fourth-order valence-corrected chi connectivity index (χ4v) is 2.07. The molecule has 1 aromatic heterocycles. The highest BCUT2D eigenvalue weighted by Gasteiger charge is 2.11. The van der Waals surface area contributed by atoms with Crippen molar-refractivity contribution in [1.82, 2.24) is 9.97 Å². The second-order valence-electron chi connectivity index (χ2n) is 5.16. The van der Waals surface area contributed by atoms with Crippen molar-refractivity contribution in [1.29, 1.82) is 0 Å². The number of halogens is 2. The zero-order valence-electron chi connectivity index (χ0n) is 13.0. The van der Waals surface area contributed by atoms with E-state index in [9.17, 15) is 8.78 Å². The molecule has 0 aliphatic carbocycles. The number of aryl methyl sites for hydroxylation is 1. The van der Waals surface area contributed by atoms with Crippen LogP contribution in [0.5, 0.6) is 0 Å². The van der Waals surface area contributed by atoms with Crippen LogP contribution in [0.1, 0.15) is 25.6 Å². The number of nitrogens with zero attached hydrogens (tertiary/aromatic N) is 3. The van der Waals surface area contributed by atoms with Gasteiger partial charge in [0.05, 0.1) is 0 Å². The maximum absolute atomic E-state index is 13.7. The van der Waals surface area contributed by atoms with Crippen molar-refractivity contribution in [3.8, 4) is 0 Å². The molecule has 0 bridgehead atoms. The van der Waals surface area contributed by atoms with E-state index in [0.717, 1.165) is 25.2 Å². The van der Waals surface area contributed by atoms with Crippen LogP contribution >= 0.6 is 0 Å². The molecule has 0 saturated heterocycles. The molecule has 0 unspecified atom stereocenters. The van der Waals surface area contributed by atoms with E-state index in [0.29, 0.717) is 11.6 Å². The van der Waals surface area contributed by atoms with Crippen LogP contribution in [-0.2, 0) is 0 Å². The van der Waals surface area contributed by atoms with Crippen molar-refractivity contribution in [2.24, 2.45) is 0 Å². The fourth-order valence-electron chi connectivity index (χ4n) is 2.07. The second kappa shape index (κ2) is 7.15. The van der Waals surface area contributed by atoms with E-state index < -0.39 is 11.6 Å². The Morgan fingerprint density at radius 1 is 1.18 bits per heavy atom. The maximum Gasteiger partial charge on any atom is 0.149 e. The first-order valence-corrected chi connectivity index (χ1v) is 7.29. The average molecular weight is 306 g/mol. The molecule has 0 aliphatic rings. The van der Waals surface area contributed by atoms with Gasteiger partial charge in [0.1, 0.15) is 34.8 Å². The predicted molar refractivity (Wildman–Crippen MR) is 84.6 cm³/mol. The van der Waals surface area contributed by atoms with E-state index >= 15 is 0 Å². The van der Waals surface area contributed by atoms with Gasteiger partial charge in [-0.1, -0.05) is 19.4 Å². The third kappa shape index (κ3) is 3.90.